The first-order valence-corrected chi connectivity index (χ1v) is 7.70. The third kappa shape index (κ3) is 5.48. The molecule has 0 bridgehead atoms. The van der Waals surface area contributed by atoms with Gasteiger partial charge in [-0.3, -0.25) is 0 Å². The predicted octanol–water partition coefficient (Wildman–Crippen LogP) is 3.14. The zero-order valence-corrected chi connectivity index (χ0v) is 13.7. The van der Waals surface area contributed by atoms with E-state index < -0.39 is 0 Å². The number of aromatic nitrogens is 2. The average molecular weight is 342 g/mol. The van der Waals surface area contributed by atoms with Crippen molar-refractivity contribution in [1.29, 1.82) is 0 Å². The molecule has 2 heterocycles. The number of benzene rings is 1. The van der Waals surface area contributed by atoms with Crippen molar-refractivity contribution >= 4 is 12.4 Å². The number of nitrogens with one attached hydrogen (secondary N) is 1. The molecule has 1 fully saturated rings. The second kappa shape index (κ2) is 8.84. The Bertz CT molecular complexity index is 583. The van der Waals surface area contributed by atoms with E-state index in [0.717, 1.165) is 25.9 Å². The lowest BCUT2D eigenvalue weighted by Gasteiger charge is -2.09. The van der Waals surface area contributed by atoms with Crippen molar-refractivity contribution in [3.63, 3.8) is 0 Å². The van der Waals surface area contributed by atoms with Gasteiger partial charge in [0.15, 0.2) is 6.61 Å². The lowest BCUT2D eigenvalue weighted by molar-refractivity contribution is 0.283. The molecule has 1 N–H and O–H groups in total. The molecular formula is C16H21ClFN3O2. The minimum absolute atomic E-state index is 0. The zero-order chi connectivity index (χ0) is 15.2. The third-order valence-electron chi connectivity index (χ3n) is 3.85. The first-order chi connectivity index (χ1) is 10.8. The van der Waals surface area contributed by atoms with Crippen LogP contribution in [0.4, 0.5) is 4.39 Å². The molecular weight excluding hydrogens is 321 g/mol. The lowest BCUT2D eigenvalue weighted by Crippen LogP contribution is -2.14. The van der Waals surface area contributed by atoms with E-state index in [2.05, 4.69) is 15.5 Å². The van der Waals surface area contributed by atoms with E-state index in [1.54, 1.807) is 12.1 Å². The molecule has 5 nitrogen and oxygen atoms in total. The molecule has 1 aliphatic heterocycles. The summed E-state index contributed by atoms with van der Waals surface area (Å²) in [6.07, 6.45) is 4.35. The molecule has 3 rings (SSSR count). The highest BCUT2D eigenvalue weighted by Gasteiger charge is 2.16. The lowest BCUT2D eigenvalue weighted by atomic mass is 9.97. The Labute approximate surface area is 141 Å². The van der Waals surface area contributed by atoms with Crippen LogP contribution in [0.2, 0.25) is 0 Å². The van der Waals surface area contributed by atoms with E-state index in [1.165, 1.54) is 25.0 Å². The van der Waals surface area contributed by atoms with Gasteiger partial charge in [0.1, 0.15) is 11.6 Å². The van der Waals surface area contributed by atoms with Crippen molar-refractivity contribution in [2.75, 3.05) is 13.1 Å². The minimum atomic E-state index is -0.285. The van der Waals surface area contributed by atoms with Crippen LogP contribution >= 0.6 is 12.4 Å². The third-order valence-corrected chi connectivity index (χ3v) is 3.85. The van der Waals surface area contributed by atoms with E-state index >= 15 is 0 Å². The van der Waals surface area contributed by atoms with Gasteiger partial charge in [-0.15, -0.1) is 12.4 Å². The Morgan fingerprint density at radius 3 is 2.87 bits per heavy atom. The molecule has 0 saturated carbocycles. The van der Waals surface area contributed by atoms with Gasteiger partial charge in [-0.25, -0.2) is 4.39 Å². The molecule has 7 heteroatoms. The summed E-state index contributed by atoms with van der Waals surface area (Å²) in [5.41, 5.74) is 0. The quantitative estimate of drug-likeness (QED) is 0.905. The maximum Gasteiger partial charge on any atom is 0.227 e. The summed E-state index contributed by atoms with van der Waals surface area (Å²) in [5.74, 6) is 2.09. The fourth-order valence-electron chi connectivity index (χ4n) is 2.65. The van der Waals surface area contributed by atoms with Crippen LogP contribution < -0.4 is 10.1 Å². The highest BCUT2D eigenvalue weighted by molar-refractivity contribution is 5.85. The van der Waals surface area contributed by atoms with Gasteiger partial charge in [-0.2, -0.15) is 4.98 Å². The molecule has 1 aromatic heterocycles. The molecule has 1 atom stereocenters. The van der Waals surface area contributed by atoms with Crippen molar-refractivity contribution in [2.45, 2.75) is 32.3 Å². The molecule has 0 radical (unpaired) electrons. The van der Waals surface area contributed by atoms with E-state index in [4.69, 9.17) is 9.26 Å². The number of halogens is 2. The first kappa shape index (κ1) is 17.7. The fourth-order valence-corrected chi connectivity index (χ4v) is 2.65. The fraction of sp³-hybridized carbons (Fsp3) is 0.500. The summed E-state index contributed by atoms with van der Waals surface area (Å²) in [6, 6.07) is 5.87. The smallest absolute Gasteiger partial charge is 0.227 e. The number of nitrogens with zero attached hydrogens (tertiary/aromatic N) is 2. The number of rotatable bonds is 5. The largest absolute Gasteiger partial charge is 0.485 e. The second-order valence-electron chi connectivity index (χ2n) is 5.60. The first-order valence-electron chi connectivity index (χ1n) is 7.70. The zero-order valence-electron chi connectivity index (χ0n) is 12.8. The van der Waals surface area contributed by atoms with Crippen LogP contribution in [0.1, 0.15) is 31.0 Å². The summed E-state index contributed by atoms with van der Waals surface area (Å²) in [7, 11) is 0. The van der Waals surface area contributed by atoms with E-state index in [1.807, 2.05) is 0 Å². The van der Waals surface area contributed by atoms with Gasteiger partial charge in [0.25, 0.3) is 0 Å². The molecule has 0 aliphatic carbocycles. The molecule has 1 unspecified atom stereocenters. The minimum Gasteiger partial charge on any atom is -0.485 e. The Hall–Kier alpha value is -1.66. The van der Waals surface area contributed by atoms with Crippen LogP contribution in [0.25, 0.3) is 0 Å². The van der Waals surface area contributed by atoms with E-state index in [9.17, 15) is 4.39 Å². The van der Waals surface area contributed by atoms with Gasteiger partial charge in [0.05, 0.1) is 0 Å². The molecule has 0 spiro atoms. The second-order valence-corrected chi connectivity index (χ2v) is 5.60. The molecule has 0 amide bonds. The van der Waals surface area contributed by atoms with Crippen LogP contribution in [0.3, 0.4) is 0 Å². The van der Waals surface area contributed by atoms with Crippen molar-refractivity contribution in [1.82, 2.24) is 15.5 Å². The van der Waals surface area contributed by atoms with Gasteiger partial charge in [0, 0.05) is 6.42 Å². The highest BCUT2D eigenvalue weighted by Crippen LogP contribution is 2.19. The number of hydrogen-bond acceptors (Lipinski definition) is 5. The van der Waals surface area contributed by atoms with E-state index in [0.29, 0.717) is 23.4 Å². The van der Waals surface area contributed by atoms with Crippen LogP contribution in [-0.2, 0) is 13.0 Å². The summed E-state index contributed by atoms with van der Waals surface area (Å²) in [6.45, 7) is 2.37. The van der Waals surface area contributed by atoms with Crippen LogP contribution in [0.15, 0.2) is 28.8 Å². The van der Waals surface area contributed by atoms with Gasteiger partial charge < -0.3 is 14.6 Å². The van der Waals surface area contributed by atoms with Crippen molar-refractivity contribution in [2.24, 2.45) is 5.92 Å². The number of hydrogen-bond donors (Lipinski definition) is 1. The van der Waals surface area contributed by atoms with Gasteiger partial charge in [-0.1, -0.05) is 5.16 Å². The van der Waals surface area contributed by atoms with Crippen molar-refractivity contribution in [3.05, 3.63) is 41.8 Å². The molecule has 1 aromatic carbocycles. The topological polar surface area (TPSA) is 60.2 Å². The maximum atomic E-state index is 12.8. The molecule has 23 heavy (non-hydrogen) atoms. The summed E-state index contributed by atoms with van der Waals surface area (Å²) in [5, 5.41) is 7.33. The summed E-state index contributed by atoms with van der Waals surface area (Å²) in [4.78, 5) is 4.37. The summed E-state index contributed by atoms with van der Waals surface area (Å²) < 4.78 is 23.6. The van der Waals surface area contributed by atoms with E-state index in [-0.39, 0.29) is 24.8 Å². The standard InChI is InChI=1S/C16H20FN3O2.ClH/c17-13-3-5-14(6-4-13)21-11-15-19-16(22-20-15)10-12-2-1-8-18-9-7-12;/h3-6,12,18H,1-2,7-11H2;1H. The predicted molar refractivity (Wildman–Crippen MR) is 86.2 cm³/mol. The SMILES string of the molecule is Cl.Fc1ccc(OCc2noc(CC3CCCNCC3)n2)cc1. The van der Waals surface area contributed by atoms with Gasteiger partial charge in [0.2, 0.25) is 11.7 Å². The number of ether oxygens (including phenoxy) is 1. The Morgan fingerprint density at radius 2 is 2.04 bits per heavy atom. The maximum absolute atomic E-state index is 12.8. The molecule has 1 aliphatic rings. The highest BCUT2D eigenvalue weighted by atomic mass is 35.5. The van der Waals surface area contributed by atoms with Crippen molar-refractivity contribution < 1.29 is 13.7 Å². The van der Waals surface area contributed by atoms with Gasteiger partial charge >= 0.3 is 0 Å². The Morgan fingerprint density at radius 1 is 1.22 bits per heavy atom. The van der Waals surface area contributed by atoms with Crippen molar-refractivity contribution in [3.8, 4) is 5.75 Å². The Kier molecular flexibility index (Phi) is 6.80. The molecule has 126 valence electrons. The van der Waals surface area contributed by atoms with Crippen LogP contribution in [-0.4, -0.2) is 23.2 Å². The average Bonchev–Trinajstić information content (AvgIpc) is 2.81. The van der Waals surface area contributed by atoms with Crippen LogP contribution in [0.5, 0.6) is 5.75 Å². The molecule has 1 saturated heterocycles. The monoisotopic (exact) mass is 341 g/mol. The van der Waals surface area contributed by atoms with Crippen LogP contribution in [0, 0.1) is 11.7 Å². The summed E-state index contributed by atoms with van der Waals surface area (Å²) >= 11 is 0. The Balaban J connectivity index is 0.00000192. The molecule has 2 aromatic rings. The van der Waals surface area contributed by atoms with Gasteiger partial charge in [-0.05, 0) is 62.5 Å². The normalized spacial score (nSPS) is 18.0.